The lowest BCUT2D eigenvalue weighted by atomic mass is 10.1. The second-order valence-corrected chi connectivity index (χ2v) is 5.06. The highest BCUT2D eigenvalue weighted by molar-refractivity contribution is 5.98. The highest BCUT2D eigenvalue weighted by Gasteiger charge is 2.31. The number of nitrogens with zero attached hydrogens (tertiary/aromatic N) is 2. The van der Waals surface area contributed by atoms with Crippen LogP contribution in [-0.4, -0.2) is 23.4 Å². The van der Waals surface area contributed by atoms with Crippen molar-refractivity contribution in [2.45, 2.75) is 32.7 Å². The molecule has 1 heterocycles. The number of hydrogen-bond acceptors (Lipinski definition) is 3. The van der Waals surface area contributed by atoms with Crippen LogP contribution >= 0.6 is 0 Å². The first-order valence-electron chi connectivity index (χ1n) is 6.15. The molecule has 4 heteroatoms. The lowest BCUT2D eigenvalue weighted by molar-refractivity contribution is 0.606. The van der Waals surface area contributed by atoms with Gasteiger partial charge in [0.1, 0.15) is 11.5 Å². The molecule has 92 valence electrons. The maximum absolute atomic E-state index is 7.60. The fourth-order valence-corrected chi connectivity index (χ4v) is 2.06. The monoisotopic (exact) mass is 232 g/mol. The molecule has 1 aromatic rings. The molecule has 0 saturated heterocycles. The highest BCUT2D eigenvalue weighted by atomic mass is 15.2. The predicted molar refractivity (Wildman–Crippen MR) is 70.5 cm³/mol. The lowest BCUT2D eigenvalue weighted by Crippen LogP contribution is -2.32. The molecule has 0 aliphatic heterocycles. The van der Waals surface area contributed by atoms with Crippen LogP contribution < -0.4 is 10.6 Å². The molecule has 3 N–H and O–H groups in total. The zero-order chi connectivity index (χ0) is 12.4. The van der Waals surface area contributed by atoms with Crippen LogP contribution in [0, 0.1) is 11.3 Å². The Morgan fingerprint density at radius 1 is 1.59 bits per heavy atom. The number of hydrogen-bond donors (Lipinski definition) is 2. The van der Waals surface area contributed by atoms with E-state index in [-0.39, 0.29) is 5.84 Å². The zero-order valence-corrected chi connectivity index (χ0v) is 10.5. The Kier molecular flexibility index (Phi) is 3.31. The van der Waals surface area contributed by atoms with E-state index < -0.39 is 0 Å². The molecule has 1 aliphatic rings. The first-order valence-corrected chi connectivity index (χ1v) is 6.15. The van der Waals surface area contributed by atoms with Gasteiger partial charge in [-0.05, 0) is 30.9 Å². The van der Waals surface area contributed by atoms with Crippen LogP contribution in [0.2, 0.25) is 0 Å². The zero-order valence-electron chi connectivity index (χ0n) is 10.5. The van der Waals surface area contributed by atoms with E-state index in [9.17, 15) is 0 Å². The molecular formula is C13H20N4. The van der Waals surface area contributed by atoms with Gasteiger partial charge in [0.05, 0.1) is 5.69 Å². The van der Waals surface area contributed by atoms with Crippen molar-refractivity contribution in [2.24, 2.45) is 11.7 Å². The molecule has 0 radical (unpaired) electrons. The van der Waals surface area contributed by atoms with Gasteiger partial charge in [0.25, 0.3) is 0 Å². The summed E-state index contributed by atoms with van der Waals surface area (Å²) < 4.78 is 0. The fraction of sp³-hybridized carbons (Fsp3) is 0.538. The molecule has 0 atom stereocenters. The van der Waals surface area contributed by atoms with Crippen LogP contribution in [0.3, 0.4) is 0 Å². The molecule has 1 aliphatic carbocycles. The van der Waals surface area contributed by atoms with Gasteiger partial charge < -0.3 is 10.6 Å². The van der Waals surface area contributed by atoms with Crippen molar-refractivity contribution >= 4 is 11.5 Å². The summed E-state index contributed by atoms with van der Waals surface area (Å²) in [7, 11) is 0. The summed E-state index contributed by atoms with van der Waals surface area (Å²) in [6.45, 7) is 5.41. The van der Waals surface area contributed by atoms with E-state index in [1.54, 1.807) is 6.20 Å². The van der Waals surface area contributed by atoms with Crippen LogP contribution in [0.1, 0.15) is 32.4 Å². The summed E-state index contributed by atoms with van der Waals surface area (Å²) in [5, 5.41) is 7.60. The highest BCUT2D eigenvalue weighted by Crippen LogP contribution is 2.33. The van der Waals surface area contributed by atoms with Gasteiger partial charge in [0.15, 0.2) is 0 Å². The summed E-state index contributed by atoms with van der Waals surface area (Å²) in [5.74, 6) is 0.644. The van der Waals surface area contributed by atoms with Gasteiger partial charge in [0, 0.05) is 18.8 Å². The number of nitrogens with one attached hydrogen (secondary N) is 1. The summed E-state index contributed by atoms with van der Waals surface area (Å²) in [6, 6.07) is 4.54. The van der Waals surface area contributed by atoms with Gasteiger partial charge in [-0.15, -0.1) is 0 Å². The van der Waals surface area contributed by atoms with E-state index in [4.69, 9.17) is 11.1 Å². The van der Waals surface area contributed by atoms with Crippen molar-refractivity contribution in [1.29, 1.82) is 5.41 Å². The fourth-order valence-electron chi connectivity index (χ4n) is 2.06. The Morgan fingerprint density at radius 2 is 2.29 bits per heavy atom. The number of rotatable bonds is 5. The van der Waals surface area contributed by atoms with Crippen molar-refractivity contribution in [3.63, 3.8) is 0 Å². The van der Waals surface area contributed by atoms with E-state index in [1.807, 2.05) is 12.1 Å². The minimum Gasteiger partial charge on any atom is -0.382 e. The third kappa shape index (κ3) is 2.75. The van der Waals surface area contributed by atoms with Gasteiger partial charge in [0.2, 0.25) is 0 Å². The first kappa shape index (κ1) is 11.9. The quantitative estimate of drug-likeness (QED) is 0.602. The van der Waals surface area contributed by atoms with E-state index in [0.717, 1.165) is 12.2 Å². The summed E-state index contributed by atoms with van der Waals surface area (Å²) >= 11 is 0. The Balaban J connectivity index is 2.31. The molecule has 1 aromatic heterocycles. The van der Waals surface area contributed by atoms with Crippen LogP contribution in [0.5, 0.6) is 0 Å². The molecule has 0 bridgehead atoms. The molecule has 0 aromatic carbocycles. The molecule has 0 amide bonds. The minimum atomic E-state index is 0.0509. The third-order valence-corrected chi connectivity index (χ3v) is 2.90. The minimum absolute atomic E-state index is 0.0509. The van der Waals surface area contributed by atoms with Gasteiger partial charge in [-0.25, -0.2) is 0 Å². The topological polar surface area (TPSA) is 66.0 Å². The third-order valence-electron chi connectivity index (χ3n) is 2.90. The summed E-state index contributed by atoms with van der Waals surface area (Å²) in [5.41, 5.74) is 7.22. The van der Waals surface area contributed by atoms with Crippen molar-refractivity contribution in [3.05, 3.63) is 24.0 Å². The standard InChI is InChI=1S/C13H20N4/c1-9(2)8-17(10-5-6-10)11-4-3-7-16-12(11)13(14)15/h3-4,7,9-10H,5-6,8H2,1-2H3,(H3,14,15). The average molecular weight is 232 g/mol. The van der Waals surface area contributed by atoms with Crippen LogP contribution in [0.25, 0.3) is 0 Å². The number of pyridine rings is 1. The maximum atomic E-state index is 7.60. The Labute approximate surface area is 102 Å². The average Bonchev–Trinajstić information content (AvgIpc) is 3.09. The number of anilines is 1. The Morgan fingerprint density at radius 3 is 2.82 bits per heavy atom. The van der Waals surface area contributed by atoms with Gasteiger partial charge in [-0.1, -0.05) is 13.8 Å². The molecule has 0 spiro atoms. The largest absolute Gasteiger partial charge is 0.382 e. The molecule has 1 saturated carbocycles. The number of nitrogen functional groups attached to an aromatic ring is 1. The number of nitrogens with two attached hydrogens (primary N) is 1. The van der Waals surface area contributed by atoms with Gasteiger partial charge in [-0.2, -0.15) is 0 Å². The van der Waals surface area contributed by atoms with Crippen LogP contribution in [0.4, 0.5) is 5.69 Å². The van der Waals surface area contributed by atoms with Crippen molar-refractivity contribution in [1.82, 2.24) is 4.98 Å². The van der Waals surface area contributed by atoms with Gasteiger partial charge in [-0.3, -0.25) is 10.4 Å². The molecule has 17 heavy (non-hydrogen) atoms. The van der Waals surface area contributed by atoms with E-state index in [0.29, 0.717) is 17.7 Å². The van der Waals surface area contributed by atoms with Crippen molar-refractivity contribution in [3.8, 4) is 0 Å². The second kappa shape index (κ2) is 4.73. The van der Waals surface area contributed by atoms with E-state index >= 15 is 0 Å². The molecule has 1 fully saturated rings. The lowest BCUT2D eigenvalue weighted by Gasteiger charge is -2.28. The van der Waals surface area contributed by atoms with Gasteiger partial charge >= 0.3 is 0 Å². The molecule has 2 rings (SSSR count). The second-order valence-electron chi connectivity index (χ2n) is 5.06. The predicted octanol–water partition coefficient (Wildman–Crippen LogP) is 1.99. The first-order chi connectivity index (χ1) is 8.09. The Bertz CT molecular complexity index is 410. The van der Waals surface area contributed by atoms with Crippen molar-refractivity contribution < 1.29 is 0 Å². The van der Waals surface area contributed by atoms with E-state index in [1.165, 1.54) is 12.8 Å². The van der Waals surface area contributed by atoms with E-state index in [2.05, 4.69) is 23.7 Å². The SMILES string of the molecule is CC(C)CN(c1cccnc1C(=N)N)C1CC1. The van der Waals surface area contributed by atoms with Crippen molar-refractivity contribution in [2.75, 3.05) is 11.4 Å². The molecule has 0 unspecified atom stereocenters. The Hall–Kier alpha value is -1.58. The summed E-state index contributed by atoms with van der Waals surface area (Å²) in [4.78, 5) is 6.58. The molecular weight excluding hydrogens is 212 g/mol. The number of aromatic nitrogens is 1. The number of amidine groups is 1. The van der Waals surface area contributed by atoms with Crippen LogP contribution in [0.15, 0.2) is 18.3 Å². The van der Waals surface area contributed by atoms with Crippen LogP contribution in [-0.2, 0) is 0 Å². The molecule has 4 nitrogen and oxygen atoms in total. The summed E-state index contributed by atoms with van der Waals surface area (Å²) in [6.07, 6.45) is 4.17. The maximum Gasteiger partial charge on any atom is 0.143 e. The normalized spacial score (nSPS) is 15.0. The smallest absolute Gasteiger partial charge is 0.143 e.